The van der Waals surface area contributed by atoms with Crippen molar-refractivity contribution in [3.05, 3.63) is 125 Å². The third-order valence-electron chi connectivity index (χ3n) is 6.13. The van der Waals surface area contributed by atoms with Crippen LogP contribution in [0.1, 0.15) is 34.0 Å². The summed E-state index contributed by atoms with van der Waals surface area (Å²) in [6, 6.07) is 17.3. The predicted octanol–water partition coefficient (Wildman–Crippen LogP) is 7.82. The van der Waals surface area contributed by atoms with Crippen LogP contribution in [-0.4, -0.2) is 15.7 Å². The number of halogens is 7. The van der Waals surface area contributed by atoms with Crippen LogP contribution in [0, 0.1) is 5.82 Å². The molecule has 0 fully saturated rings. The molecule has 0 saturated heterocycles. The van der Waals surface area contributed by atoms with E-state index in [4.69, 9.17) is 4.84 Å². The van der Waals surface area contributed by atoms with Crippen molar-refractivity contribution in [1.29, 1.82) is 0 Å². The van der Waals surface area contributed by atoms with Crippen molar-refractivity contribution < 1.29 is 35.6 Å². The summed E-state index contributed by atoms with van der Waals surface area (Å²) < 4.78 is 96.2. The Hall–Kier alpha value is -4.41. The largest absolute Gasteiger partial charge is 0.416 e. The lowest BCUT2D eigenvalue weighted by molar-refractivity contribution is -0.143. The maximum Gasteiger partial charge on any atom is 0.416 e. The van der Waals surface area contributed by atoms with Gasteiger partial charge in [0.2, 0.25) is 6.23 Å². The van der Waals surface area contributed by atoms with Crippen molar-refractivity contribution in [2.45, 2.75) is 25.1 Å². The monoisotopic (exact) mass is 545 g/mol. The smallest absolute Gasteiger partial charge is 0.363 e. The number of alkyl halides is 6. The maximum absolute atomic E-state index is 14.7. The number of nitrogens with zero attached hydrogens (tertiary/aromatic N) is 3. The van der Waals surface area contributed by atoms with Gasteiger partial charge in [-0.2, -0.15) is 26.3 Å². The predicted molar refractivity (Wildman–Crippen MR) is 128 cm³/mol. The van der Waals surface area contributed by atoms with Gasteiger partial charge in [-0.15, -0.1) is 0 Å². The van der Waals surface area contributed by atoms with E-state index >= 15 is 0 Å². The molecule has 0 bridgehead atoms. The van der Waals surface area contributed by atoms with Crippen LogP contribution in [0.5, 0.6) is 0 Å². The van der Waals surface area contributed by atoms with E-state index in [0.717, 1.165) is 0 Å². The normalized spacial score (nSPS) is 15.7. The number of benzene rings is 3. The minimum Gasteiger partial charge on any atom is -0.363 e. The van der Waals surface area contributed by atoms with Crippen molar-refractivity contribution in [2.24, 2.45) is 5.16 Å². The van der Waals surface area contributed by atoms with Gasteiger partial charge >= 0.3 is 12.4 Å². The molecule has 0 aliphatic carbocycles. The summed E-state index contributed by atoms with van der Waals surface area (Å²) in [7, 11) is 0. The number of oxime groups is 1. The van der Waals surface area contributed by atoms with Gasteiger partial charge in [0.05, 0.1) is 17.7 Å². The molecule has 0 radical (unpaired) electrons. The minimum atomic E-state index is -5.04. The summed E-state index contributed by atoms with van der Waals surface area (Å²) >= 11 is 0. The van der Waals surface area contributed by atoms with Gasteiger partial charge in [-0.3, -0.25) is 4.98 Å². The average molecular weight is 545 g/mol. The first-order valence-corrected chi connectivity index (χ1v) is 11.6. The molecule has 200 valence electrons. The molecule has 0 spiro atoms. The van der Waals surface area contributed by atoms with Gasteiger partial charge in [0.25, 0.3) is 0 Å². The standard InChI is InChI=1S/C28H18F7N3O/c29-24-9-5-4-8-23(24)22-10-11-36-15-19(22)16-38-25(17-6-2-1-3-7-17)37-39-26(38)18-12-20(27(30,31)32)14-21(13-18)28(33,34)35/h1-15,26H,16H2. The number of rotatable bonds is 5. The third-order valence-corrected chi connectivity index (χ3v) is 6.13. The van der Waals surface area contributed by atoms with E-state index in [-0.39, 0.29) is 24.0 Å². The van der Waals surface area contributed by atoms with Crippen LogP contribution in [0.25, 0.3) is 11.1 Å². The second-order valence-corrected chi connectivity index (χ2v) is 8.72. The molecule has 1 aliphatic rings. The molecule has 1 atom stereocenters. The number of hydrogen-bond acceptors (Lipinski definition) is 4. The quantitative estimate of drug-likeness (QED) is 0.240. The molecule has 1 unspecified atom stereocenters. The molecule has 11 heteroatoms. The highest BCUT2D eigenvalue weighted by Gasteiger charge is 2.40. The molecule has 5 rings (SSSR count). The Labute approximate surface area is 218 Å². The average Bonchev–Trinajstić information content (AvgIpc) is 3.32. The minimum absolute atomic E-state index is 0.0547. The van der Waals surface area contributed by atoms with Crippen molar-refractivity contribution in [3.63, 3.8) is 0 Å². The van der Waals surface area contributed by atoms with E-state index in [2.05, 4.69) is 10.1 Å². The molecule has 4 aromatic rings. The molecule has 4 nitrogen and oxygen atoms in total. The van der Waals surface area contributed by atoms with Gasteiger partial charge in [0.15, 0.2) is 5.84 Å². The molecule has 3 aromatic carbocycles. The Morgan fingerprint density at radius 1 is 0.769 bits per heavy atom. The first-order chi connectivity index (χ1) is 18.5. The first kappa shape index (κ1) is 26.2. The number of hydrogen-bond donors (Lipinski definition) is 0. The van der Waals surface area contributed by atoms with E-state index in [1.54, 1.807) is 48.5 Å². The van der Waals surface area contributed by atoms with Gasteiger partial charge in [0, 0.05) is 29.1 Å². The van der Waals surface area contributed by atoms with Crippen LogP contribution in [0.2, 0.25) is 0 Å². The molecule has 2 heterocycles. The van der Waals surface area contributed by atoms with Crippen LogP contribution in [-0.2, 0) is 23.7 Å². The van der Waals surface area contributed by atoms with E-state index in [1.165, 1.54) is 29.4 Å². The van der Waals surface area contributed by atoms with Crippen molar-refractivity contribution in [3.8, 4) is 11.1 Å². The van der Waals surface area contributed by atoms with E-state index in [9.17, 15) is 30.7 Å². The zero-order valence-corrected chi connectivity index (χ0v) is 19.8. The highest BCUT2D eigenvalue weighted by atomic mass is 19.4. The Bertz CT molecular complexity index is 1490. The van der Waals surface area contributed by atoms with E-state index in [1.807, 2.05) is 0 Å². The Kier molecular flexibility index (Phi) is 6.75. The Morgan fingerprint density at radius 2 is 1.41 bits per heavy atom. The van der Waals surface area contributed by atoms with Crippen LogP contribution in [0.4, 0.5) is 30.7 Å². The van der Waals surface area contributed by atoms with Crippen molar-refractivity contribution in [1.82, 2.24) is 9.88 Å². The number of amidine groups is 1. The summed E-state index contributed by atoms with van der Waals surface area (Å²) in [5, 5.41) is 4.03. The molecule has 0 N–H and O–H groups in total. The van der Waals surface area contributed by atoms with E-state index in [0.29, 0.717) is 28.8 Å². The maximum atomic E-state index is 14.7. The van der Waals surface area contributed by atoms with Gasteiger partial charge in [-0.1, -0.05) is 53.7 Å². The lowest BCUT2D eigenvalue weighted by Crippen LogP contribution is -2.31. The van der Waals surface area contributed by atoms with Crippen LogP contribution in [0.15, 0.2) is 96.4 Å². The molecule has 39 heavy (non-hydrogen) atoms. The topological polar surface area (TPSA) is 37.7 Å². The second kappa shape index (κ2) is 10.0. The van der Waals surface area contributed by atoms with Gasteiger partial charge < -0.3 is 9.74 Å². The molecule has 1 aliphatic heterocycles. The van der Waals surface area contributed by atoms with Crippen LogP contribution >= 0.6 is 0 Å². The fraction of sp³-hybridized carbons (Fsp3) is 0.143. The molecule has 0 amide bonds. The number of pyridine rings is 1. The van der Waals surface area contributed by atoms with Crippen LogP contribution in [0.3, 0.4) is 0 Å². The summed E-state index contributed by atoms with van der Waals surface area (Å²) in [5.41, 5.74) is -1.69. The van der Waals surface area contributed by atoms with Crippen molar-refractivity contribution in [2.75, 3.05) is 0 Å². The van der Waals surface area contributed by atoms with Gasteiger partial charge in [0.1, 0.15) is 5.82 Å². The van der Waals surface area contributed by atoms with Crippen LogP contribution < -0.4 is 0 Å². The summed E-state index contributed by atoms with van der Waals surface area (Å²) in [6.07, 6.45) is -8.61. The second-order valence-electron chi connectivity index (χ2n) is 8.72. The molecule has 1 aromatic heterocycles. The van der Waals surface area contributed by atoms with E-state index < -0.39 is 41.1 Å². The van der Waals surface area contributed by atoms with Crippen molar-refractivity contribution >= 4 is 5.84 Å². The summed E-state index contributed by atoms with van der Waals surface area (Å²) in [6.45, 7) is -0.118. The Morgan fingerprint density at radius 3 is 2.05 bits per heavy atom. The van der Waals surface area contributed by atoms with Gasteiger partial charge in [-0.05, 0) is 41.5 Å². The number of aromatic nitrogens is 1. The zero-order chi connectivity index (χ0) is 27.8. The lowest BCUT2D eigenvalue weighted by Gasteiger charge is -2.27. The zero-order valence-electron chi connectivity index (χ0n) is 19.8. The van der Waals surface area contributed by atoms with Gasteiger partial charge in [-0.25, -0.2) is 4.39 Å². The Balaban J connectivity index is 1.63. The molecular weight excluding hydrogens is 527 g/mol. The highest BCUT2D eigenvalue weighted by molar-refractivity contribution is 5.99. The third kappa shape index (κ3) is 5.43. The first-order valence-electron chi connectivity index (χ1n) is 11.6. The fourth-order valence-electron chi connectivity index (χ4n) is 4.33. The highest BCUT2D eigenvalue weighted by Crippen LogP contribution is 2.41. The summed E-state index contributed by atoms with van der Waals surface area (Å²) in [5.74, 6) is -0.335. The summed E-state index contributed by atoms with van der Waals surface area (Å²) in [4.78, 5) is 11.0. The SMILES string of the molecule is Fc1ccccc1-c1ccncc1CN1C(c2ccccc2)=NOC1c1cc(C(F)(F)F)cc(C(F)(F)F)c1. The lowest BCUT2D eigenvalue weighted by atomic mass is 9.99. The molecular formula is C28H18F7N3O. The molecule has 0 saturated carbocycles. The fourth-order valence-corrected chi connectivity index (χ4v) is 4.33.